The van der Waals surface area contributed by atoms with Crippen molar-refractivity contribution >= 4 is 0 Å². The van der Waals surface area contributed by atoms with Gasteiger partial charge in [0.05, 0.1) is 0 Å². The molecule has 1 unspecified atom stereocenters. The van der Waals surface area contributed by atoms with Gasteiger partial charge < -0.3 is 5.32 Å². The number of nitrogens with one attached hydrogen (secondary N) is 1. The van der Waals surface area contributed by atoms with Crippen molar-refractivity contribution in [3.63, 3.8) is 0 Å². The van der Waals surface area contributed by atoms with Crippen molar-refractivity contribution in [1.82, 2.24) is 5.32 Å². The Morgan fingerprint density at radius 2 is 1.79 bits per heavy atom. The van der Waals surface area contributed by atoms with Gasteiger partial charge in [-0.15, -0.1) is 0 Å². The summed E-state index contributed by atoms with van der Waals surface area (Å²) in [6.45, 7) is 10.5. The predicted octanol–water partition coefficient (Wildman–Crippen LogP) is 3.59. The first-order valence-corrected chi connectivity index (χ1v) is 6.35. The Kier molecular flexibility index (Phi) is 4.43. The molecule has 1 fully saturated rings. The van der Waals surface area contributed by atoms with Gasteiger partial charge in [0, 0.05) is 6.04 Å². The topological polar surface area (TPSA) is 12.0 Å². The van der Waals surface area contributed by atoms with Gasteiger partial charge in [-0.1, -0.05) is 40.5 Å². The SMILES string of the molecule is CCNC(C1CCCC1)C(C)(C)CC. The second-order valence-corrected chi connectivity index (χ2v) is 5.42. The number of hydrogen-bond acceptors (Lipinski definition) is 1. The highest BCUT2D eigenvalue weighted by molar-refractivity contribution is 4.90. The lowest BCUT2D eigenvalue weighted by atomic mass is 9.75. The molecule has 1 saturated carbocycles. The van der Waals surface area contributed by atoms with E-state index < -0.39 is 0 Å². The lowest BCUT2D eigenvalue weighted by Crippen LogP contribution is -2.46. The molecule has 0 aliphatic heterocycles. The van der Waals surface area contributed by atoms with Crippen LogP contribution in [-0.4, -0.2) is 12.6 Å². The van der Waals surface area contributed by atoms with Crippen LogP contribution in [0.5, 0.6) is 0 Å². The Balaban J connectivity index is 2.61. The predicted molar refractivity (Wildman–Crippen MR) is 63.5 cm³/mol. The van der Waals surface area contributed by atoms with Crippen molar-refractivity contribution in [3.05, 3.63) is 0 Å². The summed E-state index contributed by atoms with van der Waals surface area (Å²) in [6.07, 6.45) is 7.07. The summed E-state index contributed by atoms with van der Waals surface area (Å²) >= 11 is 0. The lowest BCUT2D eigenvalue weighted by Gasteiger charge is -2.38. The molecule has 1 N–H and O–H groups in total. The van der Waals surface area contributed by atoms with Crippen molar-refractivity contribution in [2.45, 2.75) is 65.8 Å². The minimum absolute atomic E-state index is 0.463. The van der Waals surface area contributed by atoms with E-state index in [2.05, 4.69) is 33.0 Å². The average Bonchev–Trinajstić information content (AvgIpc) is 2.66. The molecule has 0 aromatic rings. The molecule has 0 spiro atoms. The molecule has 0 saturated heterocycles. The Bertz CT molecular complexity index is 157. The molecule has 1 rings (SSSR count). The maximum Gasteiger partial charge on any atom is 0.0146 e. The molecule has 0 aromatic carbocycles. The summed E-state index contributed by atoms with van der Waals surface area (Å²) in [5, 5.41) is 3.72. The van der Waals surface area contributed by atoms with E-state index >= 15 is 0 Å². The van der Waals surface area contributed by atoms with E-state index in [1.54, 1.807) is 0 Å². The van der Waals surface area contributed by atoms with Gasteiger partial charge in [0.25, 0.3) is 0 Å². The van der Waals surface area contributed by atoms with Crippen LogP contribution >= 0.6 is 0 Å². The normalized spacial score (nSPS) is 21.4. The first-order chi connectivity index (χ1) is 6.61. The van der Waals surface area contributed by atoms with E-state index in [1.807, 2.05) is 0 Å². The Hall–Kier alpha value is -0.0400. The summed E-state index contributed by atoms with van der Waals surface area (Å²) in [4.78, 5) is 0. The molecule has 1 aliphatic carbocycles. The molecule has 1 atom stereocenters. The highest BCUT2D eigenvalue weighted by atomic mass is 14.9. The fourth-order valence-corrected chi connectivity index (χ4v) is 2.81. The Morgan fingerprint density at radius 1 is 1.21 bits per heavy atom. The monoisotopic (exact) mass is 197 g/mol. The van der Waals surface area contributed by atoms with Crippen molar-refractivity contribution in [2.75, 3.05) is 6.54 Å². The molecule has 14 heavy (non-hydrogen) atoms. The van der Waals surface area contributed by atoms with Crippen LogP contribution in [0.15, 0.2) is 0 Å². The van der Waals surface area contributed by atoms with Gasteiger partial charge in [-0.3, -0.25) is 0 Å². The van der Waals surface area contributed by atoms with Crippen LogP contribution in [-0.2, 0) is 0 Å². The second kappa shape index (κ2) is 5.16. The molecule has 1 nitrogen and oxygen atoms in total. The zero-order valence-corrected chi connectivity index (χ0v) is 10.4. The summed E-state index contributed by atoms with van der Waals surface area (Å²) in [5.74, 6) is 0.935. The van der Waals surface area contributed by atoms with E-state index in [1.165, 1.54) is 32.1 Å². The van der Waals surface area contributed by atoms with Crippen LogP contribution in [0.1, 0.15) is 59.8 Å². The zero-order valence-electron chi connectivity index (χ0n) is 10.4. The molecule has 0 bridgehead atoms. The molecule has 1 aliphatic rings. The summed E-state index contributed by atoms with van der Waals surface area (Å²) < 4.78 is 0. The quantitative estimate of drug-likeness (QED) is 0.710. The molecular weight excluding hydrogens is 170 g/mol. The largest absolute Gasteiger partial charge is 0.313 e. The van der Waals surface area contributed by atoms with Crippen LogP contribution in [0.3, 0.4) is 0 Å². The van der Waals surface area contributed by atoms with E-state index in [-0.39, 0.29) is 0 Å². The number of hydrogen-bond donors (Lipinski definition) is 1. The zero-order chi connectivity index (χ0) is 10.6. The van der Waals surface area contributed by atoms with E-state index in [4.69, 9.17) is 0 Å². The molecule has 1 heteroatoms. The van der Waals surface area contributed by atoms with Gasteiger partial charge in [0.1, 0.15) is 0 Å². The van der Waals surface area contributed by atoms with Crippen molar-refractivity contribution < 1.29 is 0 Å². The third-order valence-corrected chi connectivity index (χ3v) is 4.05. The van der Waals surface area contributed by atoms with Crippen LogP contribution < -0.4 is 5.32 Å². The van der Waals surface area contributed by atoms with Gasteiger partial charge in [0.2, 0.25) is 0 Å². The van der Waals surface area contributed by atoms with E-state index in [0.717, 1.165) is 18.5 Å². The fraction of sp³-hybridized carbons (Fsp3) is 1.00. The molecule has 0 radical (unpaired) electrons. The molecular formula is C13H27N. The number of rotatable bonds is 5. The molecule has 0 amide bonds. The maximum atomic E-state index is 3.72. The van der Waals surface area contributed by atoms with Crippen LogP contribution in [0.2, 0.25) is 0 Å². The lowest BCUT2D eigenvalue weighted by molar-refractivity contribution is 0.170. The fourth-order valence-electron chi connectivity index (χ4n) is 2.81. The molecule has 0 heterocycles. The van der Waals surface area contributed by atoms with Crippen LogP contribution in [0.25, 0.3) is 0 Å². The summed E-state index contributed by atoms with van der Waals surface area (Å²) in [6, 6.07) is 0.736. The summed E-state index contributed by atoms with van der Waals surface area (Å²) in [7, 11) is 0. The van der Waals surface area contributed by atoms with Gasteiger partial charge in [-0.25, -0.2) is 0 Å². The summed E-state index contributed by atoms with van der Waals surface area (Å²) in [5.41, 5.74) is 0.463. The average molecular weight is 197 g/mol. The van der Waals surface area contributed by atoms with Crippen molar-refractivity contribution in [1.29, 1.82) is 0 Å². The third kappa shape index (κ3) is 2.73. The van der Waals surface area contributed by atoms with Gasteiger partial charge in [-0.05, 0) is 37.1 Å². The maximum absolute atomic E-state index is 3.72. The Labute approximate surface area is 89.7 Å². The minimum atomic E-state index is 0.463. The van der Waals surface area contributed by atoms with Gasteiger partial charge >= 0.3 is 0 Å². The van der Waals surface area contributed by atoms with E-state index in [0.29, 0.717) is 5.41 Å². The highest BCUT2D eigenvalue weighted by Gasteiger charge is 2.34. The molecule has 84 valence electrons. The van der Waals surface area contributed by atoms with Gasteiger partial charge in [-0.2, -0.15) is 0 Å². The van der Waals surface area contributed by atoms with Crippen molar-refractivity contribution in [2.24, 2.45) is 11.3 Å². The van der Waals surface area contributed by atoms with Crippen molar-refractivity contribution in [3.8, 4) is 0 Å². The second-order valence-electron chi connectivity index (χ2n) is 5.42. The third-order valence-electron chi connectivity index (χ3n) is 4.05. The van der Waals surface area contributed by atoms with E-state index in [9.17, 15) is 0 Å². The van der Waals surface area contributed by atoms with Crippen LogP contribution in [0.4, 0.5) is 0 Å². The first kappa shape index (κ1) is 12.0. The smallest absolute Gasteiger partial charge is 0.0146 e. The Morgan fingerprint density at radius 3 is 2.21 bits per heavy atom. The molecule has 0 aromatic heterocycles. The first-order valence-electron chi connectivity index (χ1n) is 6.35. The van der Waals surface area contributed by atoms with Gasteiger partial charge in [0.15, 0.2) is 0 Å². The standard InChI is InChI=1S/C13H27N/c1-5-13(3,4)12(14-6-2)11-9-7-8-10-11/h11-12,14H,5-10H2,1-4H3. The van der Waals surface area contributed by atoms with Crippen LogP contribution in [0, 0.1) is 11.3 Å². The minimum Gasteiger partial charge on any atom is -0.313 e. The highest BCUT2D eigenvalue weighted by Crippen LogP contribution is 2.37.